The summed E-state index contributed by atoms with van der Waals surface area (Å²) in [5, 5.41) is 3.54. The summed E-state index contributed by atoms with van der Waals surface area (Å²) >= 11 is 0. The standard InChI is InChI=1S/C24H36N4/c1-2-4-8-19(7-3-1)18-27-15-12-21(13-16-27)28-23-10-6-5-9-22(23)26-24(28)20-11-14-25-17-20/h5-6,9-10,19-21,25H,1-4,7-8,11-18H2/t20-/m1/s1. The number of piperidine rings is 1. The minimum absolute atomic E-state index is 0.580. The van der Waals surface area contributed by atoms with Crippen LogP contribution in [-0.4, -0.2) is 47.2 Å². The monoisotopic (exact) mass is 380 g/mol. The van der Waals surface area contributed by atoms with Crippen molar-refractivity contribution in [2.45, 2.75) is 69.7 Å². The van der Waals surface area contributed by atoms with Gasteiger partial charge in [-0.25, -0.2) is 4.98 Å². The zero-order chi connectivity index (χ0) is 18.8. The predicted molar refractivity (Wildman–Crippen MR) is 116 cm³/mol. The molecule has 1 N–H and O–H groups in total. The Kier molecular flexibility index (Phi) is 5.68. The van der Waals surface area contributed by atoms with Crippen LogP contribution in [0.1, 0.15) is 75.6 Å². The van der Waals surface area contributed by atoms with Crippen LogP contribution in [-0.2, 0) is 0 Å². The zero-order valence-corrected chi connectivity index (χ0v) is 17.3. The molecule has 0 radical (unpaired) electrons. The molecule has 2 aromatic rings. The summed E-state index contributed by atoms with van der Waals surface area (Å²) in [5.41, 5.74) is 2.54. The normalized spacial score (nSPS) is 26.1. The second kappa shape index (κ2) is 8.54. The van der Waals surface area contributed by atoms with Gasteiger partial charge in [-0.05, 0) is 56.7 Å². The fraction of sp³-hybridized carbons (Fsp3) is 0.708. The molecule has 0 spiro atoms. The fourth-order valence-corrected chi connectivity index (χ4v) is 5.88. The van der Waals surface area contributed by atoms with Crippen LogP contribution < -0.4 is 5.32 Å². The number of nitrogens with one attached hydrogen (secondary N) is 1. The average molecular weight is 381 g/mol. The molecule has 5 rings (SSSR count). The van der Waals surface area contributed by atoms with Crippen LogP contribution >= 0.6 is 0 Å². The van der Waals surface area contributed by atoms with Gasteiger partial charge in [-0.3, -0.25) is 0 Å². The summed E-state index contributed by atoms with van der Waals surface area (Å²) in [4.78, 5) is 7.87. The second-order valence-electron chi connectivity index (χ2n) is 9.41. The van der Waals surface area contributed by atoms with E-state index in [1.165, 1.54) is 94.3 Å². The SMILES string of the molecule is c1ccc2c(c1)nc([C@@H]1CCNC1)n2C1CCN(CC2CCCCCC2)CC1. The van der Waals surface area contributed by atoms with E-state index in [0.29, 0.717) is 12.0 Å². The van der Waals surface area contributed by atoms with E-state index in [1.807, 2.05) is 0 Å². The molecule has 1 saturated carbocycles. The van der Waals surface area contributed by atoms with E-state index >= 15 is 0 Å². The molecule has 152 valence electrons. The van der Waals surface area contributed by atoms with Crippen molar-refractivity contribution in [2.75, 3.05) is 32.7 Å². The first kappa shape index (κ1) is 18.6. The van der Waals surface area contributed by atoms with E-state index < -0.39 is 0 Å². The third-order valence-corrected chi connectivity index (χ3v) is 7.46. The van der Waals surface area contributed by atoms with Crippen LogP contribution in [0.3, 0.4) is 0 Å². The van der Waals surface area contributed by atoms with Crippen molar-refractivity contribution in [2.24, 2.45) is 5.92 Å². The van der Waals surface area contributed by atoms with E-state index in [2.05, 4.69) is 39.0 Å². The fourth-order valence-electron chi connectivity index (χ4n) is 5.88. The number of hydrogen-bond acceptors (Lipinski definition) is 3. The van der Waals surface area contributed by atoms with Gasteiger partial charge in [0.2, 0.25) is 0 Å². The molecule has 1 aromatic carbocycles. The highest BCUT2D eigenvalue weighted by Gasteiger charge is 2.29. The number of para-hydroxylation sites is 2. The summed E-state index contributed by atoms with van der Waals surface area (Å²) in [7, 11) is 0. The summed E-state index contributed by atoms with van der Waals surface area (Å²) in [6, 6.07) is 9.41. The lowest BCUT2D eigenvalue weighted by Crippen LogP contribution is -2.38. The first-order chi connectivity index (χ1) is 13.9. The third-order valence-electron chi connectivity index (χ3n) is 7.46. The van der Waals surface area contributed by atoms with Gasteiger partial charge in [-0.1, -0.05) is 37.8 Å². The van der Waals surface area contributed by atoms with Crippen molar-refractivity contribution in [3.63, 3.8) is 0 Å². The topological polar surface area (TPSA) is 33.1 Å². The number of benzene rings is 1. The van der Waals surface area contributed by atoms with Crippen molar-refractivity contribution in [1.82, 2.24) is 19.8 Å². The Bertz CT molecular complexity index is 760. The summed E-state index contributed by atoms with van der Waals surface area (Å²) in [5.74, 6) is 2.87. The van der Waals surface area contributed by atoms with Gasteiger partial charge in [0.05, 0.1) is 11.0 Å². The smallest absolute Gasteiger partial charge is 0.114 e. The van der Waals surface area contributed by atoms with Crippen LogP contribution in [0.2, 0.25) is 0 Å². The molecule has 28 heavy (non-hydrogen) atoms. The first-order valence-corrected chi connectivity index (χ1v) is 11.8. The minimum Gasteiger partial charge on any atom is -0.324 e. The maximum atomic E-state index is 5.10. The van der Waals surface area contributed by atoms with Crippen LogP contribution in [0, 0.1) is 5.92 Å². The largest absolute Gasteiger partial charge is 0.324 e. The Morgan fingerprint density at radius 3 is 2.46 bits per heavy atom. The van der Waals surface area contributed by atoms with E-state index in [-0.39, 0.29) is 0 Å². The molecule has 0 unspecified atom stereocenters. The van der Waals surface area contributed by atoms with E-state index in [1.54, 1.807) is 0 Å². The van der Waals surface area contributed by atoms with Gasteiger partial charge in [-0.15, -0.1) is 0 Å². The summed E-state index contributed by atoms with van der Waals surface area (Å²) < 4.78 is 2.63. The van der Waals surface area contributed by atoms with Gasteiger partial charge in [0, 0.05) is 38.1 Å². The van der Waals surface area contributed by atoms with E-state index in [9.17, 15) is 0 Å². The Hall–Kier alpha value is -1.39. The number of imidazole rings is 1. The Balaban J connectivity index is 1.30. The van der Waals surface area contributed by atoms with Crippen molar-refractivity contribution >= 4 is 11.0 Å². The van der Waals surface area contributed by atoms with Crippen LogP contribution in [0.4, 0.5) is 0 Å². The predicted octanol–water partition coefficient (Wildman–Crippen LogP) is 4.72. The molecule has 2 aliphatic heterocycles. The van der Waals surface area contributed by atoms with Gasteiger partial charge in [0.25, 0.3) is 0 Å². The van der Waals surface area contributed by atoms with Gasteiger partial charge < -0.3 is 14.8 Å². The molecule has 1 aromatic heterocycles. The summed E-state index contributed by atoms with van der Waals surface area (Å²) in [6.45, 7) is 6.08. The van der Waals surface area contributed by atoms with E-state index in [0.717, 1.165) is 19.0 Å². The van der Waals surface area contributed by atoms with Crippen LogP contribution in [0.5, 0.6) is 0 Å². The van der Waals surface area contributed by atoms with Gasteiger partial charge >= 0.3 is 0 Å². The number of nitrogens with zero attached hydrogens (tertiary/aromatic N) is 3. The lowest BCUT2D eigenvalue weighted by atomic mass is 9.97. The molecule has 1 aliphatic carbocycles. The molecule has 0 amide bonds. The minimum atomic E-state index is 0.580. The van der Waals surface area contributed by atoms with Gasteiger partial charge in [0.1, 0.15) is 5.82 Å². The van der Waals surface area contributed by atoms with Gasteiger partial charge in [0.15, 0.2) is 0 Å². The number of aromatic nitrogens is 2. The highest BCUT2D eigenvalue weighted by atomic mass is 15.2. The second-order valence-corrected chi connectivity index (χ2v) is 9.41. The average Bonchev–Trinajstić information content (AvgIpc) is 3.31. The van der Waals surface area contributed by atoms with E-state index in [4.69, 9.17) is 4.98 Å². The molecule has 3 heterocycles. The molecule has 4 heteroatoms. The van der Waals surface area contributed by atoms with Crippen molar-refractivity contribution in [1.29, 1.82) is 0 Å². The number of likely N-dealkylation sites (tertiary alicyclic amines) is 1. The lowest BCUT2D eigenvalue weighted by Gasteiger charge is -2.35. The molecule has 0 bridgehead atoms. The number of rotatable bonds is 4. The third kappa shape index (κ3) is 3.86. The highest BCUT2D eigenvalue weighted by molar-refractivity contribution is 5.76. The highest BCUT2D eigenvalue weighted by Crippen LogP contribution is 2.34. The Morgan fingerprint density at radius 2 is 1.71 bits per heavy atom. The zero-order valence-electron chi connectivity index (χ0n) is 17.3. The molecule has 3 aliphatic rings. The van der Waals surface area contributed by atoms with Crippen molar-refractivity contribution in [3.8, 4) is 0 Å². The molecule has 2 saturated heterocycles. The maximum Gasteiger partial charge on any atom is 0.114 e. The van der Waals surface area contributed by atoms with Crippen LogP contribution in [0.25, 0.3) is 11.0 Å². The molecule has 3 fully saturated rings. The molecule has 4 nitrogen and oxygen atoms in total. The quantitative estimate of drug-likeness (QED) is 0.779. The van der Waals surface area contributed by atoms with Crippen molar-refractivity contribution < 1.29 is 0 Å². The molecular formula is C24H36N4. The Labute approximate surface area is 169 Å². The number of hydrogen-bond donors (Lipinski definition) is 1. The van der Waals surface area contributed by atoms with Crippen molar-refractivity contribution in [3.05, 3.63) is 30.1 Å². The maximum absolute atomic E-state index is 5.10. The first-order valence-electron chi connectivity index (χ1n) is 11.8. The lowest BCUT2D eigenvalue weighted by molar-refractivity contribution is 0.156. The molecule has 1 atom stereocenters. The van der Waals surface area contributed by atoms with Crippen LogP contribution in [0.15, 0.2) is 24.3 Å². The number of fused-ring (bicyclic) bond motifs is 1. The Morgan fingerprint density at radius 1 is 0.929 bits per heavy atom. The molecular weight excluding hydrogens is 344 g/mol. The summed E-state index contributed by atoms with van der Waals surface area (Å²) in [6.07, 6.45) is 12.6. The van der Waals surface area contributed by atoms with Gasteiger partial charge in [-0.2, -0.15) is 0 Å².